The lowest BCUT2D eigenvalue weighted by Gasteiger charge is -2.40. The summed E-state index contributed by atoms with van der Waals surface area (Å²) in [4.78, 5) is 13.3. The molecule has 9 atom stereocenters. The lowest BCUT2D eigenvalue weighted by Crippen LogP contribution is -2.60. The Labute approximate surface area is 551 Å². The lowest BCUT2D eigenvalue weighted by atomic mass is 9.98. The summed E-state index contributed by atoms with van der Waals surface area (Å²) in [6.07, 6.45) is 73.4. The van der Waals surface area contributed by atoms with E-state index in [1.54, 1.807) is 0 Å². The van der Waals surface area contributed by atoms with Gasteiger partial charge in [0.1, 0.15) is 36.6 Å². The number of unbranched alkanes of at least 4 members (excludes halogenated alkanes) is 57. The molecule has 1 aliphatic rings. The van der Waals surface area contributed by atoms with Gasteiger partial charge in [-0.3, -0.25) is 4.79 Å². The molecule has 8 N–H and O–H groups in total. The summed E-state index contributed by atoms with van der Waals surface area (Å²) >= 11 is 0. The Bertz CT molecular complexity index is 1450. The molecule has 1 heterocycles. The van der Waals surface area contributed by atoms with E-state index in [1.807, 2.05) is 0 Å². The fourth-order valence-corrected chi connectivity index (χ4v) is 13.3. The Morgan fingerprint density at radius 1 is 0.382 bits per heavy atom. The molecule has 0 aromatic heterocycles. The number of hydrogen-bond donors (Lipinski definition) is 8. The quantitative estimate of drug-likeness (QED) is 0.0215. The smallest absolute Gasteiger partial charge is 0.249 e. The monoisotopic (exact) mass is 1260 g/mol. The van der Waals surface area contributed by atoms with Gasteiger partial charge in [-0.25, -0.2) is 0 Å². The molecule has 9 unspecified atom stereocenters. The number of ether oxygens (including phenoxy) is 2. The second-order valence-electron chi connectivity index (χ2n) is 28.1. The number of nitrogens with one attached hydrogen (secondary N) is 1. The van der Waals surface area contributed by atoms with Crippen molar-refractivity contribution in [1.29, 1.82) is 0 Å². The summed E-state index contributed by atoms with van der Waals surface area (Å²) in [5, 5.41) is 76.6. The van der Waals surface area contributed by atoms with Crippen molar-refractivity contribution in [2.45, 2.75) is 467 Å². The van der Waals surface area contributed by atoms with Gasteiger partial charge in [-0.15, -0.1) is 0 Å². The minimum atomic E-state index is -1.67. The van der Waals surface area contributed by atoms with E-state index in [0.29, 0.717) is 12.8 Å². The average Bonchev–Trinajstić information content (AvgIpc) is 1.72. The van der Waals surface area contributed by atoms with Crippen LogP contribution in [-0.2, 0) is 14.3 Å². The Morgan fingerprint density at radius 2 is 0.663 bits per heavy atom. The van der Waals surface area contributed by atoms with Crippen LogP contribution in [0, 0.1) is 0 Å². The first kappa shape index (κ1) is 85.9. The molecule has 0 aromatic rings. The molecule has 0 saturated carbocycles. The molecule has 1 rings (SSSR count). The molecule has 1 fully saturated rings. The van der Waals surface area contributed by atoms with Gasteiger partial charge in [0.05, 0.1) is 25.4 Å². The summed E-state index contributed by atoms with van der Waals surface area (Å²) in [6, 6.07) is -1.18. The topological polar surface area (TPSA) is 189 Å². The van der Waals surface area contributed by atoms with Crippen LogP contribution in [0.2, 0.25) is 0 Å². The van der Waals surface area contributed by atoms with Crippen molar-refractivity contribution in [2.24, 2.45) is 0 Å². The third kappa shape index (κ3) is 53.8. The van der Waals surface area contributed by atoms with E-state index in [-0.39, 0.29) is 12.8 Å². The standard InChI is InChI=1S/C78H153NO10/c1-3-5-7-9-11-13-15-17-19-21-23-25-27-29-30-31-32-33-34-35-36-37-38-39-40-41-42-44-46-48-50-52-54-56-58-60-62-64-66-71(82)77(87)79-69(68-88-78-76(86)75(85)74(84)72(67-80)89-78)73(83)70(81)65-63-61-59-57-55-53-51-49-47-45-43-28-26-24-22-20-18-16-14-12-10-8-6-4-2/h57,59,69-76,78,80-86H,3-56,58,60-68H2,1-2H3,(H,79,87)/b59-57+. The van der Waals surface area contributed by atoms with Crippen LogP contribution >= 0.6 is 0 Å². The predicted molar refractivity (Wildman–Crippen MR) is 376 cm³/mol. The first-order valence-corrected chi connectivity index (χ1v) is 39.6. The van der Waals surface area contributed by atoms with Crippen LogP contribution < -0.4 is 5.32 Å². The summed E-state index contributed by atoms with van der Waals surface area (Å²) < 4.78 is 11.2. The fraction of sp³-hybridized carbons (Fsp3) is 0.962. The van der Waals surface area contributed by atoms with Gasteiger partial charge in [0.2, 0.25) is 5.91 Å². The van der Waals surface area contributed by atoms with E-state index in [4.69, 9.17) is 9.47 Å². The minimum Gasteiger partial charge on any atom is -0.394 e. The van der Waals surface area contributed by atoms with Gasteiger partial charge in [-0.2, -0.15) is 0 Å². The highest BCUT2D eigenvalue weighted by Crippen LogP contribution is 2.24. The van der Waals surface area contributed by atoms with Gasteiger partial charge in [0.25, 0.3) is 0 Å². The van der Waals surface area contributed by atoms with E-state index >= 15 is 0 Å². The molecule has 1 amide bonds. The predicted octanol–water partition coefficient (Wildman–Crippen LogP) is 20.2. The van der Waals surface area contributed by atoms with Crippen LogP contribution in [0.25, 0.3) is 0 Å². The normalized spacial score (nSPS) is 18.5. The van der Waals surface area contributed by atoms with Crippen LogP contribution in [-0.4, -0.2) is 110 Å². The van der Waals surface area contributed by atoms with Gasteiger partial charge in [0.15, 0.2) is 6.29 Å². The Balaban J connectivity index is 2.11. The van der Waals surface area contributed by atoms with Crippen LogP contribution in [0.5, 0.6) is 0 Å². The van der Waals surface area contributed by atoms with Gasteiger partial charge in [0, 0.05) is 0 Å². The van der Waals surface area contributed by atoms with Gasteiger partial charge < -0.3 is 50.5 Å². The number of aliphatic hydroxyl groups is 7. The molecule has 0 aliphatic carbocycles. The molecule has 0 spiro atoms. The van der Waals surface area contributed by atoms with E-state index in [2.05, 4.69) is 31.3 Å². The third-order valence-corrected chi connectivity index (χ3v) is 19.6. The maximum Gasteiger partial charge on any atom is 0.249 e. The van der Waals surface area contributed by atoms with Crippen molar-refractivity contribution in [1.82, 2.24) is 5.32 Å². The molecular weight excluding hydrogens is 1110 g/mol. The van der Waals surface area contributed by atoms with Crippen molar-refractivity contribution in [3.63, 3.8) is 0 Å². The largest absolute Gasteiger partial charge is 0.394 e. The van der Waals surface area contributed by atoms with Gasteiger partial charge in [-0.1, -0.05) is 386 Å². The third-order valence-electron chi connectivity index (χ3n) is 19.6. The zero-order valence-electron chi connectivity index (χ0n) is 59.0. The van der Waals surface area contributed by atoms with Crippen LogP contribution in [0.1, 0.15) is 412 Å². The molecule has 11 nitrogen and oxygen atoms in total. The van der Waals surface area contributed by atoms with Crippen molar-refractivity contribution in [3.05, 3.63) is 12.2 Å². The van der Waals surface area contributed by atoms with Gasteiger partial charge in [-0.05, 0) is 38.5 Å². The summed E-state index contributed by atoms with van der Waals surface area (Å²) in [5.74, 6) is -0.696. The molecule has 530 valence electrons. The highest BCUT2D eigenvalue weighted by Gasteiger charge is 2.44. The average molecular weight is 1270 g/mol. The summed E-state index contributed by atoms with van der Waals surface area (Å²) in [5.41, 5.74) is 0. The molecule has 1 saturated heterocycles. The number of carbonyl (C=O) groups is 1. The molecular formula is C78H153NO10. The van der Waals surface area contributed by atoms with Crippen molar-refractivity contribution in [3.8, 4) is 0 Å². The second-order valence-corrected chi connectivity index (χ2v) is 28.1. The minimum absolute atomic E-state index is 0.260. The Hall–Kier alpha value is -1.15. The van der Waals surface area contributed by atoms with Crippen LogP contribution in [0.3, 0.4) is 0 Å². The number of rotatable bonds is 71. The Kier molecular flexibility index (Phi) is 64.5. The number of carbonyl (C=O) groups excluding carboxylic acids is 1. The zero-order valence-corrected chi connectivity index (χ0v) is 59.0. The number of aliphatic hydroxyl groups excluding tert-OH is 7. The van der Waals surface area contributed by atoms with Crippen molar-refractivity contribution in [2.75, 3.05) is 13.2 Å². The van der Waals surface area contributed by atoms with Crippen LogP contribution in [0.15, 0.2) is 12.2 Å². The number of allylic oxidation sites excluding steroid dienone is 2. The fourth-order valence-electron chi connectivity index (χ4n) is 13.3. The van der Waals surface area contributed by atoms with Crippen LogP contribution in [0.4, 0.5) is 0 Å². The van der Waals surface area contributed by atoms with E-state index in [1.165, 1.54) is 334 Å². The first-order valence-electron chi connectivity index (χ1n) is 39.6. The molecule has 0 aromatic carbocycles. The van der Waals surface area contributed by atoms with E-state index in [9.17, 15) is 40.5 Å². The van der Waals surface area contributed by atoms with Gasteiger partial charge >= 0.3 is 0 Å². The highest BCUT2D eigenvalue weighted by atomic mass is 16.7. The molecule has 11 heteroatoms. The summed E-state index contributed by atoms with van der Waals surface area (Å²) in [7, 11) is 0. The molecule has 89 heavy (non-hydrogen) atoms. The second kappa shape index (κ2) is 66.9. The van der Waals surface area contributed by atoms with E-state index in [0.717, 1.165) is 38.5 Å². The van der Waals surface area contributed by atoms with Crippen molar-refractivity contribution < 1.29 is 50.0 Å². The molecule has 0 bridgehead atoms. The molecule has 0 radical (unpaired) electrons. The maximum absolute atomic E-state index is 13.3. The lowest BCUT2D eigenvalue weighted by molar-refractivity contribution is -0.303. The number of amides is 1. The van der Waals surface area contributed by atoms with E-state index < -0.39 is 74.2 Å². The zero-order chi connectivity index (χ0) is 64.6. The Morgan fingerprint density at radius 3 is 0.966 bits per heavy atom. The SMILES string of the molecule is CCCCCCCCCCCCCCCCCCCCC/C=C/CCCC(O)C(O)C(COC1OC(CO)C(O)C(O)C1O)NC(=O)C(O)CCCCCCCCCCCCCCCCCCCCCCCCCCCCCCCCCCCCCCCC. The molecule has 1 aliphatic heterocycles. The van der Waals surface area contributed by atoms with Crippen molar-refractivity contribution >= 4 is 5.91 Å². The maximum atomic E-state index is 13.3. The first-order chi connectivity index (χ1) is 43.7. The highest BCUT2D eigenvalue weighted by molar-refractivity contribution is 5.80. The summed E-state index contributed by atoms with van der Waals surface area (Å²) in [6.45, 7) is 3.52. The number of hydrogen-bond acceptors (Lipinski definition) is 10.